The first kappa shape index (κ1) is 17.4. The molecule has 0 radical (unpaired) electrons. The van der Waals surface area contributed by atoms with E-state index in [1.54, 1.807) is 0 Å². The number of carbonyl (C=O) groups is 1. The van der Waals surface area contributed by atoms with Crippen molar-refractivity contribution in [3.63, 3.8) is 0 Å². The average Bonchev–Trinajstić information content (AvgIpc) is 2.67. The van der Waals surface area contributed by atoms with Crippen LogP contribution in [-0.4, -0.2) is 61.0 Å². The summed E-state index contributed by atoms with van der Waals surface area (Å²) in [7, 11) is 0. The highest BCUT2D eigenvalue weighted by Crippen LogP contribution is 2.28. The van der Waals surface area contributed by atoms with Gasteiger partial charge in [0.2, 0.25) is 5.91 Å². The summed E-state index contributed by atoms with van der Waals surface area (Å²) in [4.78, 5) is 19.9. The van der Waals surface area contributed by atoms with E-state index in [0.29, 0.717) is 11.5 Å². The molecule has 1 aliphatic carbocycles. The Bertz CT molecular complexity index is 660. The molecule has 1 saturated carbocycles. The van der Waals surface area contributed by atoms with Crippen LogP contribution in [0.15, 0.2) is 24.3 Å². The fourth-order valence-corrected chi connectivity index (χ4v) is 4.45. The first-order valence-electron chi connectivity index (χ1n) is 10.0. The van der Waals surface area contributed by atoms with Gasteiger partial charge >= 0.3 is 0 Å². The number of carbonyl (C=O) groups excluding carboxylic acids is 1. The number of piperazine rings is 1. The maximum absolute atomic E-state index is 12.9. The van der Waals surface area contributed by atoms with Gasteiger partial charge in [0.25, 0.3) is 0 Å². The van der Waals surface area contributed by atoms with Gasteiger partial charge in [-0.25, -0.2) is 0 Å². The largest absolute Gasteiger partial charge is 0.371 e. The molecule has 26 heavy (non-hydrogen) atoms. The first-order valence-corrected chi connectivity index (χ1v) is 10.0. The van der Waals surface area contributed by atoms with Gasteiger partial charge in [0.1, 0.15) is 0 Å². The Kier molecular flexibility index (Phi) is 5.12. The zero-order valence-corrected chi connectivity index (χ0v) is 15.4. The molecule has 4 rings (SSSR count). The molecule has 138 valence electrons. The molecule has 3 aliphatic rings. The molecule has 0 atom stereocenters. The van der Waals surface area contributed by atoms with Gasteiger partial charge in [-0.05, 0) is 49.9 Å². The van der Waals surface area contributed by atoms with Crippen molar-refractivity contribution in [2.24, 2.45) is 5.92 Å². The van der Waals surface area contributed by atoms with Crippen LogP contribution in [0.5, 0.6) is 0 Å². The van der Waals surface area contributed by atoms with Crippen LogP contribution in [0.25, 0.3) is 0 Å². The second-order valence-electron chi connectivity index (χ2n) is 7.87. The summed E-state index contributed by atoms with van der Waals surface area (Å²) < 4.78 is 0. The third-order valence-corrected chi connectivity index (χ3v) is 6.42. The molecule has 2 saturated heterocycles. The molecule has 2 heterocycles. The zero-order chi connectivity index (χ0) is 17.9. The molecule has 1 amide bonds. The Balaban J connectivity index is 1.26. The molecular formula is C21H28N4O. The highest BCUT2D eigenvalue weighted by Gasteiger charge is 2.33. The maximum atomic E-state index is 12.9. The third kappa shape index (κ3) is 3.57. The minimum atomic E-state index is 0.180. The smallest absolute Gasteiger partial charge is 0.225 e. The van der Waals surface area contributed by atoms with Crippen LogP contribution >= 0.6 is 0 Å². The van der Waals surface area contributed by atoms with Crippen molar-refractivity contribution >= 4 is 11.6 Å². The average molecular weight is 352 g/mol. The van der Waals surface area contributed by atoms with Crippen molar-refractivity contribution in [2.45, 2.75) is 38.1 Å². The summed E-state index contributed by atoms with van der Waals surface area (Å²) in [5.74, 6) is 0.553. The molecule has 5 heteroatoms. The fraction of sp³-hybridized carbons (Fsp3) is 0.619. The Morgan fingerprint density at radius 3 is 2.12 bits per heavy atom. The first-order chi connectivity index (χ1) is 12.7. The van der Waals surface area contributed by atoms with Gasteiger partial charge in [-0.15, -0.1) is 0 Å². The number of piperidine rings is 1. The molecule has 3 fully saturated rings. The van der Waals surface area contributed by atoms with E-state index in [1.165, 1.54) is 19.3 Å². The van der Waals surface area contributed by atoms with Gasteiger partial charge in [0, 0.05) is 56.9 Å². The van der Waals surface area contributed by atoms with Gasteiger partial charge in [-0.3, -0.25) is 9.69 Å². The summed E-state index contributed by atoms with van der Waals surface area (Å²) in [6.07, 6.45) is 5.94. The minimum absolute atomic E-state index is 0.180. The quantitative estimate of drug-likeness (QED) is 0.839. The Labute approximate surface area is 156 Å². The van der Waals surface area contributed by atoms with Crippen molar-refractivity contribution in [2.75, 3.05) is 44.2 Å². The van der Waals surface area contributed by atoms with Crippen LogP contribution in [0.4, 0.5) is 5.69 Å². The minimum Gasteiger partial charge on any atom is -0.371 e. The lowest BCUT2D eigenvalue weighted by Gasteiger charge is -2.44. The SMILES string of the molecule is N#Cc1ccc(N2CCC(C(=O)N3CCN(C4CCC4)CC3)CC2)cc1. The van der Waals surface area contributed by atoms with Crippen molar-refractivity contribution < 1.29 is 4.79 Å². The second-order valence-corrected chi connectivity index (χ2v) is 7.87. The highest BCUT2D eigenvalue weighted by molar-refractivity contribution is 5.79. The second kappa shape index (κ2) is 7.67. The number of hydrogen-bond donors (Lipinski definition) is 0. The summed E-state index contributed by atoms with van der Waals surface area (Å²) in [5, 5.41) is 8.91. The van der Waals surface area contributed by atoms with Crippen LogP contribution in [0.2, 0.25) is 0 Å². The van der Waals surface area contributed by atoms with Crippen molar-refractivity contribution in [1.29, 1.82) is 5.26 Å². The summed E-state index contributed by atoms with van der Waals surface area (Å²) in [5.41, 5.74) is 1.85. The Morgan fingerprint density at radius 1 is 0.923 bits per heavy atom. The van der Waals surface area contributed by atoms with E-state index in [2.05, 4.69) is 20.8 Å². The van der Waals surface area contributed by atoms with E-state index >= 15 is 0 Å². The zero-order valence-electron chi connectivity index (χ0n) is 15.4. The van der Waals surface area contributed by atoms with Crippen LogP contribution in [0.3, 0.4) is 0 Å². The van der Waals surface area contributed by atoms with Crippen LogP contribution in [-0.2, 0) is 4.79 Å². The third-order valence-electron chi connectivity index (χ3n) is 6.42. The van der Waals surface area contributed by atoms with E-state index in [9.17, 15) is 4.79 Å². The van der Waals surface area contributed by atoms with Crippen molar-refractivity contribution in [3.8, 4) is 6.07 Å². The number of nitriles is 1. The van der Waals surface area contributed by atoms with E-state index in [-0.39, 0.29) is 5.92 Å². The lowest BCUT2D eigenvalue weighted by Crippen LogP contribution is -2.55. The number of anilines is 1. The lowest BCUT2D eigenvalue weighted by atomic mass is 9.90. The van der Waals surface area contributed by atoms with E-state index in [0.717, 1.165) is 63.8 Å². The van der Waals surface area contributed by atoms with Gasteiger partial charge in [0.05, 0.1) is 11.6 Å². The normalized spacial score (nSPS) is 22.7. The van der Waals surface area contributed by atoms with Crippen molar-refractivity contribution in [3.05, 3.63) is 29.8 Å². The number of rotatable bonds is 3. The molecule has 0 bridgehead atoms. The number of nitrogens with zero attached hydrogens (tertiary/aromatic N) is 4. The molecule has 0 unspecified atom stereocenters. The fourth-order valence-electron chi connectivity index (χ4n) is 4.45. The molecular weight excluding hydrogens is 324 g/mol. The van der Waals surface area contributed by atoms with Gasteiger partial charge in [-0.1, -0.05) is 6.42 Å². The summed E-state index contributed by atoms with van der Waals surface area (Å²) in [6, 6.07) is 10.7. The summed E-state index contributed by atoms with van der Waals surface area (Å²) in [6.45, 7) is 5.77. The molecule has 0 spiro atoms. The number of amides is 1. The standard InChI is InChI=1S/C21H28N4O/c22-16-17-4-6-20(7-5-17)23-10-8-18(9-11-23)21(26)25-14-12-24(13-15-25)19-2-1-3-19/h4-7,18-19H,1-3,8-15H2. The molecule has 0 N–H and O–H groups in total. The number of benzene rings is 1. The van der Waals surface area contributed by atoms with E-state index in [1.807, 2.05) is 24.3 Å². The van der Waals surface area contributed by atoms with E-state index in [4.69, 9.17) is 5.26 Å². The lowest BCUT2D eigenvalue weighted by molar-refractivity contribution is -0.138. The number of hydrogen-bond acceptors (Lipinski definition) is 4. The van der Waals surface area contributed by atoms with Gasteiger partial charge in [0.15, 0.2) is 0 Å². The molecule has 5 nitrogen and oxygen atoms in total. The summed E-state index contributed by atoms with van der Waals surface area (Å²) >= 11 is 0. The predicted octanol–water partition coefficient (Wildman–Crippen LogP) is 2.47. The maximum Gasteiger partial charge on any atom is 0.225 e. The van der Waals surface area contributed by atoms with Crippen LogP contribution in [0, 0.1) is 17.2 Å². The van der Waals surface area contributed by atoms with E-state index < -0.39 is 0 Å². The van der Waals surface area contributed by atoms with Gasteiger partial charge < -0.3 is 9.80 Å². The Morgan fingerprint density at radius 2 is 1.58 bits per heavy atom. The monoisotopic (exact) mass is 352 g/mol. The molecule has 1 aromatic rings. The molecule has 2 aliphatic heterocycles. The van der Waals surface area contributed by atoms with Crippen molar-refractivity contribution in [1.82, 2.24) is 9.80 Å². The topological polar surface area (TPSA) is 50.6 Å². The molecule has 1 aromatic carbocycles. The highest BCUT2D eigenvalue weighted by atomic mass is 16.2. The van der Waals surface area contributed by atoms with Crippen LogP contribution < -0.4 is 4.90 Å². The van der Waals surface area contributed by atoms with Gasteiger partial charge in [-0.2, -0.15) is 5.26 Å². The predicted molar refractivity (Wildman–Crippen MR) is 102 cm³/mol. The Hall–Kier alpha value is -2.06. The molecule has 0 aromatic heterocycles. The van der Waals surface area contributed by atoms with Crippen LogP contribution in [0.1, 0.15) is 37.7 Å².